The molecule has 5 nitrogen and oxygen atoms in total. The van der Waals surface area contributed by atoms with Crippen LogP contribution in [0.3, 0.4) is 0 Å². The van der Waals surface area contributed by atoms with E-state index in [1.165, 1.54) is 30.9 Å². The molecule has 0 aliphatic carbocycles. The Morgan fingerprint density at radius 2 is 1.83 bits per heavy atom. The number of hydrogen-bond acceptors (Lipinski definition) is 4. The molecule has 2 aromatic rings. The van der Waals surface area contributed by atoms with Gasteiger partial charge in [-0.05, 0) is 55.3 Å². The monoisotopic (exact) mass is 369 g/mol. The number of ether oxygens (including phenoxy) is 2. The second-order valence-electron chi connectivity index (χ2n) is 5.29. The van der Waals surface area contributed by atoms with Gasteiger partial charge in [0.25, 0.3) is 0 Å². The van der Waals surface area contributed by atoms with E-state index >= 15 is 0 Å². The fourth-order valence-electron chi connectivity index (χ4n) is 2.05. The maximum Gasteiger partial charge on any atom is 0.240 e. The quantitative estimate of drug-likeness (QED) is 0.760. The van der Waals surface area contributed by atoms with Crippen LogP contribution in [0.4, 0.5) is 0 Å². The van der Waals surface area contributed by atoms with Crippen molar-refractivity contribution in [2.24, 2.45) is 0 Å². The second-order valence-corrected chi connectivity index (χ2v) is 7.46. The highest BCUT2D eigenvalue weighted by atomic mass is 35.5. The van der Waals surface area contributed by atoms with E-state index in [4.69, 9.17) is 21.1 Å². The maximum atomic E-state index is 12.2. The molecule has 0 unspecified atom stereocenters. The molecule has 0 fully saturated rings. The predicted molar refractivity (Wildman–Crippen MR) is 94.6 cm³/mol. The van der Waals surface area contributed by atoms with Crippen LogP contribution in [-0.2, 0) is 10.0 Å². The van der Waals surface area contributed by atoms with Crippen molar-refractivity contribution in [3.05, 3.63) is 52.5 Å². The third-order valence-electron chi connectivity index (χ3n) is 3.57. The van der Waals surface area contributed by atoms with Crippen molar-refractivity contribution in [3.8, 4) is 11.5 Å². The fourth-order valence-corrected chi connectivity index (χ4v) is 3.41. The first-order valence-corrected chi connectivity index (χ1v) is 9.23. The molecule has 0 aliphatic rings. The number of halogens is 1. The third kappa shape index (κ3) is 4.63. The number of rotatable bonds is 7. The normalized spacial score (nSPS) is 11.3. The van der Waals surface area contributed by atoms with Crippen molar-refractivity contribution >= 4 is 21.6 Å². The van der Waals surface area contributed by atoms with Gasteiger partial charge in [-0.15, -0.1) is 0 Å². The van der Waals surface area contributed by atoms with Crippen LogP contribution in [0, 0.1) is 13.8 Å². The van der Waals surface area contributed by atoms with Crippen molar-refractivity contribution < 1.29 is 17.9 Å². The molecular formula is C17H20ClNO4S. The van der Waals surface area contributed by atoms with E-state index in [9.17, 15) is 8.42 Å². The molecule has 0 bridgehead atoms. The van der Waals surface area contributed by atoms with Crippen LogP contribution in [-0.4, -0.2) is 28.7 Å². The van der Waals surface area contributed by atoms with Crippen molar-refractivity contribution in [2.75, 3.05) is 20.3 Å². The first-order chi connectivity index (χ1) is 11.3. The molecule has 0 spiro atoms. The lowest BCUT2D eigenvalue weighted by molar-refractivity contribution is 0.322. The number of hydrogen-bond donors (Lipinski definition) is 1. The van der Waals surface area contributed by atoms with Gasteiger partial charge < -0.3 is 9.47 Å². The molecular weight excluding hydrogens is 350 g/mol. The summed E-state index contributed by atoms with van der Waals surface area (Å²) in [4.78, 5) is 0.0829. The lowest BCUT2D eigenvalue weighted by Crippen LogP contribution is -2.28. The minimum atomic E-state index is -3.65. The van der Waals surface area contributed by atoms with Gasteiger partial charge >= 0.3 is 0 Å². The summed E-state index contributed by atoms with van der Waals surface area (Å²) in [5.41, 5.74) is 2.31. The largest absolute Gasteiger partial charge is 0.495 e. The van der Waals surface area contributed by atoms with Crippen LogP contribution < -0.4 is 14.2 Å². The molecule has 0 saturated carbocycles. The van der Waals surface area contributed by atoms with E-state index in [0.717, 1.165) is 5.56 Å². The minimum Gasteiger partial charge on any atom is -0.495 e. The number of sulfonamides is 1. The van der Waals surface area contributed by atoms with E-state index in [0.29, 0.717) is 11.5 Å². The number of benzene rings is 2. The maximum absolute atomic E-state index is 12.2. The van der Waals surface area contributed by atoms with Crippen LogP contribution >= 0.6 is 11.6 Å². The topological polar surface area (TPSA) is 64.6 Å². The van der Waals surface area contributed by atoms with Crippen LogP contribution in [0.25, 0.3) is 0 Å². The molecule has 7 heteroatoms. The molecule has 0 atom stereocenters. The Morgan fingerprint density at radius 1 is 1.08 bits per heavy atom. The number of aryl methyl sites for hydroxylation is 2. The average Bonchev–Trinajstić information content (AvgIpc) is 2.54. The zero-order valence-corrected chi connectivity index (χ0v) is 15.4. The fraction of sp³-hybridized carbons (Fsp3) is 0.294. The molecule has 1 N–H and O–H groups in total. The standard InChI is InChI=1S/C17H20ClNO4S/c1-12-4-5-14(10-13(12)2)23-9-8-19-24(20,21)15-6-7-17(22-3)16(18)11-15/h4-7,10-11,19H,8-9H2,1-3H3. The summed E-state index contributed by atoms with van der Waals surface area (Å²) in [6, 6.07) is 10.1. The van der Waals surface area contributed by atoms with Crippen molar-refractivity contribution in [2.45, 2.75) is 18.7 Å². The van der Waals surface area contributed by atoms with Crippen LogP contribution in [0.1, 0.15) is 11.1 Å². The van der Waals surface area contributed by atoms with Gasteiger partial charge in [-0.3, -0.25) is 0 Å². The molecule has 2 rings (SSSR count). The van der Waals surface area contributed by atoms with Gasteiger partial charge in [0, 0.05) is 6.54 Å². The molecule has 0 radical (unpaired) electrons. The predicted octanol–water partition coefficient (Wildman–Crippen LogP) is 3.32. The van der Waals surface area contributed by atoms with Gasteiger partial charge in [0.15, 0.2) is 0 Å². The van der Waals surface area contributed by atoms with E-state index < -0.39 is 10.0 Å². The lowest BCUT2D eigenvalue weighted by atomic mass is 10.1. The van der Waals surface area contributed by atoms with Crippen LogP contribution in [0.5, 0.6) is 11.5 Å². The van der Waals surface area contributed by atoms with E-state index in [2.05, 4.69) is 4.72 Å². The molecule has 2 aromatic carbocycles. The SMILES string of the molecule is COc1ccc(S(=O)(=O)NCCOc2ccc(C)c(C)c2)cc1Cl. The van der Waals surface area contributed by atoms with Crippen molar-refractivity contribution in [3.63, 3.8) is 0 Å². The molecule has 0 aliphatic heterocycles. The lowest BCUT2D eigenvalue weighted by Gasteiger charge is -2.11. The Hall–Kier alpha value is -1.76. The first-order valence-electron chi connectivity index (χ1n) is 7.37. The second kappa shape index (κ2) is 7.88. The Balaban J connectivity index is 1.93. The van der Waals surface area contributed by atoms with Crippen LogP contribution in [0.2, 0.25) is 5.02 Å². The molecule has 130 valence electrons. The van der Waals surface area contributed by atoms with Crippen LogP contribution in [0.15, 0.2) is 41.3 Å². The molecule has 0 amide bonds. The Morgan fingerprint density at radius 3 is 2.46 bits per heavy atom. The van der Waals surface area contributed by atoms with Gasteiger partial charge in [0.05, 0.1) is 17.0 Å². The highest BCUT2D eigenvalue weighted by Crippen LogP contribution is 2.26. The summed E-state index contributed by atoms with van der Waals surface area (Å²) < 4.78 is 37.5. The zero-order valence-electron chi connectivity index (χ0n) is 13.8. The van der Waals surface area contributed by atoms with Gasteiger partial charge in [0.1, 0.15) is 18.1 Å². The van der Waals surface area contributed by atoms with E-state index in [-0.39, 0.29) is 23.1 Å². The molecule has 0 heterocycles. The first kappa shape index (κ1) is 18.6. The Labute approximate surface area is 147 Å². The van der Waals surface area contributed by atoms with Gasteiger partial charge in [0.2, 0.25) is 10.0 Å². The molecule has 0 saturated heterocycles. The summed E-state index contributed by atoms with van der Waals surface area (Å²) in [5.74, 6) is 1.14. The highest BCUT2D eigenvalue weighted by Gasteiger charge is 2.15. The summed E-state index contributed by atoms with van der Waals surface area (Å²) >= 11 is 5.96. The van der Waals surface area contributed by atoms with Crippen molar-refractivity contribution in [1.82, 2.24) is 4.72 Å². The Bertz CT molecular complexity index is 821. The number of methoxy groups -OCH3 is 1. The third-order valence-corrected chi connectivity index (χ3v) is 5.33. The summed E-state index contributed by atoms with van der Waals surface area (Å²) in [7, 11) is -2.18. The summed E-state index contributed by atoms with van der Waals surface area (Å²) in [5, 5.41) is 0.242. The highest BCUT2D eigenvalue weighted by molar-refractivity contribution is 7.89. The zero-order chi connectivity index (χ0) is 17.7. The van der Waals surface area contributed by atoms with Crippen molar-refractivity contribution in [1.29, 1.82) is 0 Å². The van der Waals surface area contributed by atoms with Gasteiger partial charge in [-0.2, -0.15) is 0 Å². The van der Waals surface area contributed by atoms with E-state index in [1.54, 1.807) is 0 Å². The smallest absolute Gasteiger partial charge is 0.240 e. The van der Waals surface area contributed by atoms with E-state index in [1.807, 2.05) is 32.0 Å². The Kier molecular flexibility index (Phi) is 6.10. The summed E-state index contributed by atoms with van der Waals surface area (Å²) in [6.07, 6.45) is 0. The minimum absolute atomic E-state index is 0.0829. The van der Waals surface area contributed by atoms with Gasteiger partial charge in [-0.1, -0.05) is 17.7 Å². The average molecular weight is 370 g/mol. The summed E-state index contributed by atoms with van der Waals surface area (Å²) in [6.45, 7) is 4.40. The molecule has 24 heavy (non-hydrogen) atoms. The molecule has 0 aromatic heterocycles. The van der Waals surface area contributed by atoms with Gasteiger partial charge in [-0.25, -0.2) is 13.1 Å². The number of nitrogens with one attached hydrogen (secondary N) is 1.